The van der Waals surface area contributed by atoms with Crippen LogP contribution in [0.15, 0.2) is 137 Å². The molecule has 0 aliphatic heterocycles. The van der Waals surface area contributed by atoms with Crippen molar-refractivity contribution in [3.63, 3.8) is 0 Å². The van der Waals surface area contributed by atoms with E-state index in [1.807, 2.05) is 84.9 Å². The molecule has 0 saturated heterocycles. The summed E-state index contributed by atoms with van der Waals surface area (Å²) < 4.78 is 26.9. The highest BCUT2D eigenvalue weighted by molar-refractivity contribution is 6.33. The Hall–Kier alpha value is -6.89. The van der Waals surface area contributed by atoms with Crippen LogP contribution in [0.4, 0.5) is 4.39 Å². The average molecular weight is 829 g/mol. The molecule has 5 aromatic carbocycles. The number of nitrogens with one attached hydrogen (secondary N) is 1. The van der Waals surface area contributed by atoms with Crippen molar-refractivity contribution in [2.75, 3.05) is 14.2 Å². The average Bonchev–Trinajstić information content (AvgIpc) is 3.26. The number of carbonyl (C=O) groups is 3. The van der Waals surface area contributed by atoms with E-state index in [2.05, 4.69) is 10.1 Å². The van der Waals surface area contributed by atoms with Crippen molar-refractivity contribution >= 4 is 51.3 Å². The van der Waals surface area contributed by atoms with Gasteiger partial charge in [0.1, 0.15) is 17.9 Å². The monoisotopic (exact) mass is 828 g/mol. The van der Waals surface area contributed by atoms with Crippen LogP contribution in [0.25, 0.3) is 44.1 Å². The minimum atomic E-state index is -1.07. The molecular weight excluding hydrogens is 787 g/mol. The molecule has 2 aromatic heterocycles. The maximum absolute atomic E-state index is 14.1. The lowest BCUT2D eigenvalue weighted by molar-refractivity contribution is -0.143. The van der Waals surface area contributed by atoms with E-state index in [9.17, 15) is 28.4 Å². The topological polar surface area (TPSA) is 152 Å². The lowest BCUT2D eigenvalue weighted by Crippen LogP contribution is -2.43. The molecule has 0 fully saturated rings. The second kappa shape index (κ2) is 18.8. The highest BCUT2D eigenvalue weighted by Crippen LogP contribution is 2.24. The van der Waals surface area contributed by atoms with Crippen LogP contribution in [-0.4, -0.2) is 53.3 Å². The van der Waals surface area contributed by atoms with E-state index in [1.54, 1.807) is 47.5 Å². The molecule has 306 valence electrons. The Bertz CT molecular complexity index is 2820. The zero-order valence-corrected chi connectivity index (χ0v) is 34.0. The summed E-state index contributed by atoms with van der Waals surface area (Å²) in [4.78, 5) is 62.0. The molecular formula is C47H42ClFN4O7. The number of amides is 1. The number of aryl methyl sites for hydroxylation is 2. The molecule has 0 aliphatic carbocycles. The van der Waals surface area contributed by atoms with Gasteiger partial charge in [-0.15, -0.1) is 0 Å². The molecule has 0 radical (unpaired) electrons. The van der Waals surface area contributed by atoms with Crippen molar-refractivity contribution in [2.45, 2.75) is 24.9 Å². The number of para-hydroxylation sites is 2. The normalized spacial score (nSPS) is 11.9. The molecule has 11 nitrogen and oxygen atoms in total. The highest BCUT2D eigenvalue weighted by atomic mass is 35.5. The summed E-state index contributed by atoms with van der Waals surface area (Å²) in [5.41, 5.74) is 11.4. The molecule has 60 heavy (non-hydrogen) atoms. The van der Waals surface area contributed by atoms with Gasteiger partial charge in [0, 0.05) is 31.6 Å². The Balaban J connectivity index is 0.000000213. The zero-order chi connectivity index (χ0) is 43.1. The third-order valence-electron chi connectivity index (χ3n) is 10.2. The van der Waals surface area contributed by atoms with Crippen molar-refractivity contribution < 1.29 is 28.2 Å². The Labute approximate surface area is 349 Å². The third kappa shape index (κ3) is 9.36. The first-order valence-electron chi connectivity index (χ1n) is 18.8. The van der Waals surface area contributed by atoms with Crippen LogP contribution in [0.2, 0.25) is 5.02 Å². The van der Waals surface area contributed by atoms with E-state index in [0.29, 0.717) is 23.1 Å². The number of pyridine rings is 2. The van der Waals surface area contributed by atoms with Crippen molar-refractivity contribution in [1.82, 2.24) is 14.5 Å². The van der Waals surface area contributed by atoms with E-state index in [4.69, 9.17) is 22.1 Å². The van der Waals surface area contributed by atoms with Gasteiger partial charge in [-0.3, -0.25) is 19.2 Å². The molecule has 3 N–H and O–H groups in total. The van der Waals surface area contributed by atoms with Crippen LogP contribution < -0.4 is 22.2 Å². The van der Waals surface area contributed by atoms with Crippen LogP contribution in [0.5, 0.6) is 0 Å². The lowest BCUT2D eigenvalue weighted by atomic mass is 10.00. The Morgan fingerprint density at radius 1 is 0.667 bits per heavy atom. The van der Waals surface area contributed by atoms with Gasteiger partial charge in [0.2, 0.25) is 0 Å². The smallest absolute Gasteiger partial charge is 0.328 e. The third-order valence-corrected chi connectivity index (χ3v) is 10.5. The minimum Gasteiger partial charge on any atom is -0.468 e. The van der Waals surface area contributed by atoms with Gasteiger partial charge in [-0.25, -0.2) is 9.18 Å². The molecule has 0 aliphatic rings. The van der Waals surface area contributed by atoms with Crippen LogP contribution in [0.3, 0.4) is 0 Å². The summed E-state index contributed by atoms with van der Waals surface area (Å²) >= 11 is 5.97. The first-order chi connectivity index (χ1) is 28.8. The van der Waals surface area contributed by atoms with Crippen LogP contribution in [0.1, 0.15) is 21.5 Å². The number of hydrogen-bond acceptors (Lipinski definition) is 8. The summed E-state index contributed by atoms with van der Waals surface area (Å²) in [6.45, 7) is 0. The van der Waals surface area contributed by atoms with Gasteiger partial charge in [0.25, 0.3) is 17.0 Å². The Kier molecular flexibility index (Phi) is 13.4. The van der Waals surface area contributed by atoms with E-state index in [-0.39, 0.29) is 28.1 Å². The fourth-order valence-electron chi connectivity index (χ4n) is 6.90. The number of rotatable bonds is 10. The molecule has 0 spiro atoms. The number of nitrogens with zero attached hydrogens (tertiary/aromatic N) is 2. The number of methoxy groups -OCH3 is 2. The van der Waals surface area contributed by atoms with E-state index in [1.165, 1.54) is 26.4 Å². The number of hydrogen-bond donors (Lipinski definition) is 2. The number of esters is 2. The minimum absolute atomic E-state index is 0.0438. The quantitative estimate of drug-likeness (QED) is 0.144. The number of ether oxygens (including phenoxy) is 2. The van der Waals surface area contributed by atoms with Gasteiger partial charge in [-0.2, -0.15) is 0 Å². The lowest BCUT2D eigenvalue weighted by Gasteiger charge is -2.17. The molecule has 2 heterocycles. The van der Waals surface area contributed by atoms with Gasteiger partial charge in [0.05, 0.1) is 35.8 Å². The van der Waals surface area contributed by atoms with Crippen molar-refractivity contribution in [3.05, 3.63) is 176 Å². The number of nitrogens with two attached hydrogens (primary N) is 1. The number of benzene rings is 5. The van der Waals surface area contributed by atoms with Gasteiger partial charge < -0.3 is 29.7 Å². The zero-order valence-electron chi connectivity index (χ0n) is 33.3. The molecule has 7 rings (SSSR count). The molecule has 2 atom stereocenters. The fraction of sp³-hybridized carbons (Fsp3) is 0.170. The van der Waals surface area contributed by atoms with E-state index in [0.717, 1.165) is 44.6 Å². The maximum Gasteiger partial charge on any atom is 0.328 e. The second-order valence-corrected chi connectivity index (χ2v) is 14.4. The summed E-state index contributed by atoms with van der Waals surface area (Å²) in [5, 5.41) is 4.39. The Morgan fingerprint density at radius 2 is 1.13 bits per heavy atom. The van der Waals surface area contributed by atoms with Gasteiger partial charge in [-0.1, -0.05) is 103 Å². The van der Waals surface area contributed by atoms with E-state index < -0.39 is 35.7 Å². The van der Waals surface area contributed by atoms with Crippen molar-refractivity contribution in [2.24, 2.45) is 19.8 Å². The summed E-state index contributed by atoms with van der Waals surface area (Å²) in [5.74, 6) is -2.73. The second-order valence-electron chi connectivity index (χ2n) is 14.0. The predicted molar refractivity (Wildman–Crippen MR) is 231 cm³/mol. The molecule has 1 amide bonds. The van der Waals surface area contributed by atoms with Crippen LogP contribution in [-0.2, 0) is 46.0 Å². The molecule has 7 aromatic rings. The molecule has 0 bridgehead atoms. The van der Waals surface area contributed by atoms with Crippen molar-refractivity contribution in [3.8, 4) is 22.3 Å². The standard InChI is InChI=1S/C27H22ClFN2O4.C20H20N2O3/c1-31-23-9-4-3-6-18(23)15-19(26(31)33)17-12-10-16(11-13-17)14-22(27(34)35-2)30-25(32)24-20(28)7-5-8-21(24)29;1-22-18-6-4-3-5-15(18)12-16(19(22)23)14-9-7-13(8-10-14)11-17(21)20(24)25-2/h3-13,15,22H,14H2,1-2H3,(H,30,32);3-10,12,17H,11,21H2,1-2H3/t22-;17-/m00/s1. The summed E-state index contributed by atoms with van der Waals surface area (Å²) in [6.07, 6.45) is 0.489. The van der Waals surface area contributed by atoms with Gasteiger partial charge in [-0.05, 0) is 75.8 Å². The maximum atomic E-state index is 14.1. The fourth-order valence-corrected chi connectivity index (χ4v) is 7.15. The molecule has 0 saturated carbocycles. The number of aromatic nitrogens is 2. The molecule has 13 heteroatoms. The van der Waals surface area contributed by atoms with E-state index >= 15 is 0 Å². The molecule has 0 unspecified atom stereocenters. The number of carbonyl (C=O) groups excluding carboxylic acids is 3. The first kappa shape index (κ1) is 42.7. The SMILES string of the molecule is COC(=O)[C@@H](N)Cc1ccc(-c2cc3ccccc3n(C)c2=O)cc1.COC(=O)[C@H](Cc1ccc(-c2cc3ccccc3n(C)c2=O)cc1)NC(=O)c1c(F)cccc1Cl. The van der Waals surface area contributed by atoms with Crippen LogP contribution >= 0.6 is 11.6 Å². The number of halogens is 2. The summed E-state index contributed by atoms with van der Waals surface area (Å²) in [7, 11) is 6.03. The van der Waals surface area contributed by atoms with Gasteiger partial charge >= 0.3 is 11.9 Å². The number of fused-ring (bicyclic) bond motifs is 2. The summed E-state index contributed by atoms with van der Waals surface area (Å²) in [6, 6.07) is 35.9. The largest absolute Gasteiger partial charge is 0.468 e. The van der Waals surface area contributed by atoms with Crippen molar-refractivity contribution in [1.29, 1.82) is 0 Å². The Morgan fingerprint density at radius 3 is 1.60 bits per heavy atom. The first-order valence-corrected chi connectivity index (χ1v) is 19.2. The highest BCUT2D eigenvalue weighted by Gasteiger charge is 2.25. The predicted octanol–water partition coefficient (Wildman–Crippen LogP) is 6.76. The van der Waals surface area contributed by atoms with Crippen LogP contribution in [0, 0.1) is 5.82 Å². The van der Waals surface area contributed by atoms with Gasteiger partial charge in [0.15, 0.2) is 0 Å².